The molecule has 0 radical (unpaired) electrons. The lowest BCUT2D eigenvalue weighted by Gasteiger charge is -2.06. The number of anilines is 1. The molecule has 15 heavy (non-hydrogen) atoms. The molecule has 0 amide bonds. The lowest BCUT2D eigenvalue weighted by molar-refractivity contribution is -0.496. The molecule has 0 saturated carbocycles. The van der Waals surface area contributed by atoms with Gasteiger partial charge in [0.05, 0.1) is 5.56 Å². The molecule has 6 heteroatoms. The summed E-state index contributed by atoms with van der Waals surface area (Å²) in [5.74, 6) is -1.15. The highest BCUT2D eigenvalue weighted by atomic mass is 16.6. The average molecular weight is 210 g/mol. The SMILES string of the molecule is Cc1c(N)cc(C(=O)O)cc1C[N+](=O)[O-]. The van der Waals surface area contributed by atoms with Crippen LogP contribution >= 0.6 is 0 Å². The lowest BCUT2D eigenvalue weighted by atomic mass is 10.0. The molecule has 0 spiro atoms. The van der Waals surface area contributed by atoms with Crippen LogP contribution in [0.1, 0.15) is 21.5 Å². The van der Waals surface area contributed by atoms with Crippen LogP contribution in [0.3, 0.4) is 0 Å². The van der Waals surface area contributed by atoms with E-state index in [-0.39, 0.29) is 11.3 Å². The maximum absolute atomic E-state index is 10.7. The molecule has 1 aromatic rings. The Labute approximate surface area is 85.5 Å². The van der Waals surface area contributed by atoms with E-state index in [1.54, 1.807) is 6.92 Å². The normalized spacial score (nSPS) is 9.93. The van der Waals surface area contributed by atoms with Crippen molar-refractivity contribution in [2.75, 3.05) is 5.73 Å². The number of nitro groups is 1. The standard InChI is InChI=1S/C9H10N2O4/c1-5-7(4-11(14)15)2-6(9(12)13)3-8(5)10/h2-3H,4,10H2,1H3,(H,12,13). The number of nitrogens with zero attached hydrogens (tertiary/aromatic N) is 1. The summed E-state index contributed by atoms with van der Waals surface area (Å²) in [5.41, 5.74) is 6.66. The van der Waals surface area contributed by atoms with Gasteiger partial charge in [0.15, 0.2) is 0 Å². The minimum atomic E-state index is -1.15. The molecule has 6 nitrogen and oxygen atoms in total. The predicted octanol–water partition coefficient (Wildman–Crippen LogP) is 1.05. The average Bonchev–Trinajstić information content (AvgIpc) is 2.11. The highest BCUT2D eigenvalue weighted by molar-refractivity contribution is 5.89. The number of hydrogen-bond donors (Lipinski definition) is 2. The Morgan fingerprint density at radius 3 is 2.67 bits per heavy atom. The molecule has 0 aliphatic heterocycles. The molecular formula is C9H10N2O4. The number of rotatable bonds is 3. The van der Waals surface area contributed by atoms with Crippen molar-refractivity contribution in [3.8, 4) is 0 Å². The van der Waals surface area contributed by atoms with Gasteiger partial charge in [-0.1, -0.05) is 0 Å². The number of aromatic carboxylic acids is 1. The molecule has 0 heterocycles. The highest BCUT2D eigenvalue weighted by Gasteiger charge is 2.13. The van der Waals surface area contributed by atoms with Crippen LogP contribution in [-0.4, -0.2) is 16.0 Å². The summed E-state index contributed by atoms with van der Waals surface area (Å²) in [4.78, 5) is 20.5. The number of carboxylic acids is 1. The molecule has 0 aliphatic carbocycles. The van der Waals surface area contributed by atoms with E-state index in [9.17, 15) is 14.9 Å². The van der Waals surface area contributed by atoms with E-state index < -0.39 is 17.4 Å². The first-order chi connectivity index (χ1) is 6.91. The smallest absolute Gasteiger partial charge is 0.335 e. The van der Waals surface area contributed by atoms with E-state index in [0.717, 1.165) is 0 Å². The summed E-state index contributed by atoms with van der Waals surface area (Å²) < 4.78 is 0. The summed E-state index contributed by atoms with van der Waals surface area (Å²) >= 11 is 0. The van der Waals surface area contributed by atoms with Gasteiger partial charge in [-0.25, -0.2) is 4.79 Å². The van der Waals surface area contributed by atoms with Gasteiger partial charge in [-0.15, -0.1) is 0 Å². The monoisotopic (exact) mass is 210 g/mol. The molecule has 0 atom stereocenters. The van der Waals surface area contributed by atoms with Crippen molar-refractivity contribution in [2.24, 2.45) is 0 Å². The van der Waals surface area contributed by atoms with E-state index >= 15 is 0 Å². The largest absolute Gasteiger partial charge is 0.478 e. The first-order valence-corrected chi connectivity index (χ1v) is 4.16. The van der Waals surface area contributed by atoms with Crippen LogP contribution in [0.15, 0.2) is 12.1 Å². The minimum absolute atomic E-state index is 0.0325. The number of carboxylic acid groups (broad SMARTS) is 1. The third-order valence-electron chi connectivity index (χ3n) is 2.10. The molecule has 0 fully saturated rings. The summed E-state index contributed by atoms with van der Waals surface area (Å²) in [6.07, 6.45) is 0. The van der Waals surface area contributed by atoms with Crippen LogP contribution in [0.4, 0.5) is 5.69 Å². The van der Waals surface area contributed by atoms with E-state index in [2.05, 4.69) is 0 Å². The van der Waals surface area contributed by atoms with Crippen molar-refractivity contribution in [3.63, 3.8) is 0 Å². The maximum atomic E-state index is 10.7. The second kappa shape index (κ2) is 3.95. The fourth-order valence-corrected chi connectivity index (χ4v) is 1.23. The van der Waals surface area contributed by atoms with Gasteiger partial charge in [-0.3, -0.25) is 10.1 Å². The highest BCUT2D eigenvalue weighted by Crippen LogP contribution is 2.19. The molecule has 1 rings (SSSR count). The molecule has 0 aliphatic rings. The van der Waals surface area contributed by atoms with Gasteiger partial charge in [-0.2, -0.15) is 0 Å². The fourth-order valence-electron chi connectivity index (χ4n) is 1.23. The Morgan fingerprint density at radius 2 is 2.20 bits per heavy atom. The number of nitrogen functional groups attached to an aromatic ring is 1. The van der Waals surface area contributed by atoms with Crippen molar-refractivity contribution in [2.45, 2.75) is 13.5 Å². The van der Waals surface area contributed by atoms with E-state index in [0.29, 0.717) is 11.1 Å². The summed E-state index contributed by atoms with van der Waals surface area (Å²) in [5, 5.41) is 19.1. The van der Waals surface area contributed by atoms with E-state index in [1.165, 1.54) is 12.1 Å². The second-order valence-electron chi connectivity index (χ2n) is 3.15. The van der Waals surface area contributed by atoms with Crippen LogP contribution in [0, 0.1) is 17.0 Å². The summed E-state index contributed by atoms with van der Waals surface area (Å²) in [7, 11) is 0. The quantitative estimate of drug-likeness (QED) is 0.440. The van der Waals surface area contributed by atoms with Gasteiger partial charge in [0.1, 0.15) is 0 Å². The van der Waals surface area contributed by atoms with Crippen LogP contribution in [-0.2, 0) is 6.54 Å². The molecule has 0 bridgehead atoms. The van der Waals surface area contributed by atoms with Gasteiger partial charge in [0.25, 0.3) is 0 Å². The van der Waals surface area contributed by atoms with Crippen LogP contribution in [0.25, 0.3) is 0 Å². The van der Waals surface area contributed by atoms with Crippen molar-refractivity contribution in [1.82, 2.24) is 0 Å². The Bertz CT molecular complexity index is 428. The Morgan fingerprint density at radius 1 is 1.60 bits per heavy atom. The number of nitrogens with two attached hydrogens (primary N) is 1. The fraction of sp³-hybridized carbons (Fsp3) is 0.222. The van der Waals surface area contributed by atoms with E-state index in [4.69, 9.17) is 10.8 Å². The van der Waals surface area contributed by atoms with Crippen LogP contribution < -0.4 is 5.73 Å². The minimum Gasteiger partial charge on any atom is -0.478 e. The van der Waals surface area contributed by atoms with Gasteiger partial charge in [0.2, 0.25) is 6.54 Å². The predicted molar refractivity (Wildman–Crippen MR) is 53.2 cm³/mol. The zero-order valence-corrected chi connectivity index (χ0v) is 8.06. The third-order valence-corrected chi connectivity index (χ3v) is 2.10. The Hall–Kier alpha value is -2.11. The van der Waals surface area contributed by atoms with Crippen molar-refractivity contribution in [3.05, 3.63) is 38.9 Å². The first kappa shape index (κ1) is 11.0. The summed E-state index contributed by atoms with van der Waals surface area (Å²) in [6.45, 7) is 1.21. The van der Waals surface area contributed by atoms with Crippen molar-refractivity contribution < 1.29 is 14.8 Å². The van der Waals surface area contributed by atoms with E-state index in [1.807, 2.05) is 0 Å². The van der Waals surface area contributed by atoms with Gasteiger partial charge >= 0.3 is 5.97 Å². The Kier molecular flexibility index (Phi) is 2.89. The topological polar surface area (TPSA) is 106 Å². The number of benzene rings is 1. The third kappa shape index (κ3) is 2.43. The summed E-state index contributed by atoms with van der Waals surface area (Å²) in [6, 6.07) is 2.57. The van der Waals surface area contributed by atoms with Gasteiger partial charge in [0, 0.05) is 16.2 Å². The van der Waals surface area contributed by atoms with Gasteiger partial charge < -0.3 is 10.8 Å². The maximum Gasteiger partial charge on any atom is 0.335 e. The Balaban J connectivity index is 3.24. The molecule has 0 aromatic heterocycles. The lowest BCUT2D eigenvalue weighted by Crippen LogP contribution is -2.06. The molecule has 1 aromatic carbocycles. The molecular weight excluding hydrogens is 200 g/mol. The number of hydrogen-bond acceptors (Lipinski definition) is 4. The van der Waals surface area contributed by atoms with Gasteiger partial charge in [-0.05, 0) is 24.6 Å². The van der Waals surface area contributed by atoms with Crippen LogP contribution in [0.5, 0.6) is 0 Å². The first-order valence-electron chi connectivity index (χ1n) is 4.16. The van der Waals surface area contributed by atoms with Crippen molar-refractivity contribution in [1.29, 1.82) is 0 Å². The number of carbonyl (C=O) groups is 1. The molecule has 0 unspecified atom stereocenters. The van der Waals surface area contributed by atoms with Crippen LogP contribution in [0.2, 0.25) is 0 Å². The zero-order valence-electron chi connectivity index (χ0n) is 8.06. The zero-order chi connectivity index (χ0) is 11.6. The van der Waals surface area contributed by atoms with Crippen molar-refractivity contribution >= 4 is 11.7 Å². The second-order valence-corrected chi connectivity index (χ2v) is 3.15. The molecule has 80 valence electrons. The molecule has 3 N–H and O–H groups in total. The molecule has 0 saturated heterocycles.